The molecular formula is C24H25N3O4. The number of rotatable bonds is 7. The molecule has 2 aromatic heterocycles. The first-order chi connectivity index (χ1) is 14.8. The Kier molecular flexibility index (Phi) is 5.35. The van der Waals surface area contributed by atoms with Crippen molar-refractivity contribution in [2.75, 3.05) is 6.61 Å². The van der Waals surface area contributed by atoms with Crippen molar-refractivity contribution in [2.45, 2.75) is 46.6 Å². The first kappa shape index (κ1) is 20.8. The van der Waals surface area contributed by atoms with Crippen molar-refractivity contribution >= 4 is 17.5 Å². The molecular weight excluding hydrogens is 394 g/mol. The number of para-hydroxylation sites is 1. The van der Waals surface area contributed by atoms with E-state index in [0.717, 1.165) is 29.9 Å². The van der Waals surface area contributed by atoms with Gasteiger partial charge in [-0.1, -0.05) is 18.2 Å². The lowest BCUT2D eigenvalue weighted by atomic mass is 10.1. The summed E-state index contributed by atoms with van der Waals surface area (Å²) >= 11 is 0. The Bertz CT molecular complexity index is 1180. The molecule has 1 aliphatic rings. The highest BCUT2D eigenvalue weighted by Crippen LogP contribution is 2.38. The van der Waals surface area contributed by atoms with E-state index in [2.05, 4.69) is 9.67 Å². The summed E-state index contributed by atoms with van der Waals surface area (Å²) in [5, 5.41) is 4.39. The zero-order chi connectivity index (χ0) is 22.3. The number of nitrogens with zero attached hydrogens (tertiary/aromatic N) is 3. The summed E-state index contributed by atoms with van der Waals surface area (Å²) < 4.78 is 8.87. The van der Waals surface area contributed by atoms with Crippen LogP contribution < -0.4 is 0 Å². The van der Waals surface area contributed by atoms with Crippen molar-refractivity contribution in [3.05, 3.63) is 70.3 Å². The van der Waals surface area contributed by atoms with E-state index in [1.807, 2.05) is 50.2 Å². The third kappa shape index (κ3) is 3.83. The Morgan fingerprint density at radius 3 is 2.35 bits per heavy atom. The second-order valence-electron chi connectivity index (χ2n) is 8.01. The molecule has 0 saturated heterocycles. The topological polar surface area (TPSA) is 83.2 Å². The number of aromatic nitrogens is 3. The van der Waals surface area contributed by atoms with E-state index in [1.54, 1.807) is 18.5 Å². The Morgan fingerprint density at radius 1 is 1.03 bits per heavy atom. The number of esters is 1. The Morgan fingerprint density at radius 2 is 1.71 bits per heavy atom. The first-order valence-corrected chi connectivity index (χ1v) is 10.3. The monoisotopic (exact) mass is 419 g/mol. The predicted octanol–water partition coefficient (Wildman–Crippen LogP) is 3.85. The van der Waals surface area contributed by atoms with Crippen LogP contribution in [0.1, 0.15) is 62.4 Å². The van der Waals surface area contributed by atoms with Crippen LogP contribution in [0.4, 0.5) is 0 Å². The van der Waals surface area contributed by atoms with Crippen LogP contribution in [0.3, 0.4) is 0 Å². The van der Waals surface area contributed by atoms with Crippen LogP contribution >= 0.6 is 0 Å². The predicted molar refractivity (Wildman–Crippen MR) is 115 cm³/mol. The maximum atomic E-state index is 12.8. The van der Waals surface area contributed by atoms with Gasteiger partial charge in [-0.05, 0) is 58.7 Å². The Labute approximate surface area is 180 Å². The molecule has 0 bridgehead atoms. The van der Waals surface area contributed by atoms with E-state index in [-0.39, 0.29) is 11.3 Å². The molecule has 7 heteroatoms. The summed E-state index contributed by atoms with van der Waals surface area (Å²) in [7, 11) is 0. The van der Waals surface area contributed by atoms with Crippen LogP contribution in [-0.2, 0) is 9.53 Å². The summed E-state index contributed by atoms with van der Waals surface area (Å²) in [6.07, 6.45) is 2.23. The minimum absolute atomic E-state index is 0.202. The van der Waals surface area contributed by atoms with Gasteiger partial charge in [0.1, 0.15) is 0 Å². The smallest absolute Gasteiger partial charge is 0.380 e. The highest BCUT2D eigenvalue weighted by Gasteiger charge is 2.30. The fourth-order valence-electron chi connectivity index (χ4n) is 4.12. The summed E-state index contributed by atoms with van der Waals surface area (Å²) in [4.78, 5) is 37.8. The van der Waals surface area contributed by atoms with Gasteiger partial charge in [0.05, 0.1) is 22.6 Å². The van der Waals surface area contributed by atoms with Crippen LogP contribution in [0.5, 0.6) is 0 Å². The second kappa shape index (κ2) is 7.98. The van der Waals surface area contributed by atoms with E-state index in [0.29, 0.717) is 23.0 Å². The average molecular weight is 419 g/mol. The summed E-state index contributed by atoms with van der Waals surface area (Å²) in [6.45, 7) is 6.80. The number of aryl methyl sites for hydroxylation is 2. The van der Waals surface area contributed by atoms with Crippen molar-refractivity contribution in [2.24, 2.45) is 0 Å². The van der Waals surface area contributed by atoms with Gasteiger partial charge in [-0.25, -0.2) is 9.48 Å². The van der Waals surface area contributed by atoms with Crippen LogP contribution in [0.25, 0.3) is 5.69 Å². The molecule has 0 N–H and O–H groups in total. The standard InChI is InChI=1S/C24H25N3O4/c1-14-12-20(16(3)26(14)18-10-11-18)21(28)13-31-24(30)23(29)22-15(2)25-27(17(22)4)19-8-6-5-7-9-19/h5-9,12,18H,10-11,13H2,1-4H3. The van der Waals surface area contributed by atoms with Gasteiger partial charge < -0.3 is 9.30 Å². The Balaban J connectivity index is 1.47. The van der Waals surface area contributed by atoms with Gasteiger partial charge >= 0.3 is 5.97 Å². The van der Waals surface area contributed by atoms with E-state index >= 15 is 0 Å². The maximum absolute atomic E-state index is 12.8. The van der Waals surface area contributed by atoms with Gasteiger partial charge in [0, 0.05) is 23.0 Å². The second-order valence-corrected chi connectivity index (χ2v) is 8.01. The van der Waals surface area contributed by atoms with Gasteiger partial charge in [0.25, 0.3) is 5.78 Å². The van der Waals surface area contributed by atoms with E-state index < -0.39 is 18.4 Å². The van der Waals surface area contributed by atoms with Crippen LogP contribution in [0.15, 0.2) is 36.4 Å². The molecule has 1 fully saturated rings. The van der Waals surface area contributed by atoms with E-state index in [9.17, 15) is 14.4 Å². The van der Waals surface area contributed by atoms with E-state index in [1.165, 1.54) is 0 Å². The quantitative estimate of drug-likeness (QED) is 0.330. The lowest BCUT2D eigenvalue weighted by Gasteiger charge is -2.08. The molecule has 1 saturated carbocycles. The number of ketones is 2. The molecule has 7 nitrogen and oxygen atoms in total. The molecule has 1 aromatic carbocycles. The average Bonchev–Trinajstić information content (AvgIpc) is 3.48. The molecule has 0 radical (unpaired) electrons. The number of carbonyl (C=O) groups is 3. The lowest BCUT2D eigenvalue weighted by Crippen LogP contribution is -2.22. The molecule has 4 rings (SSSR count). The number of benzene rings is 1. The molecule has 31 heavy (non-hydrogen) atoms. The minimum atomic E-state index is -1.05. The molecule has 0 aliphatic heterocycles. The largest absolute Gasteiger partial charge is 0.451 e. The summed E-state index contributed by atoms with van der Waals surface area (Å²) in [5.74, 6) is -2.16. The van der Waals surface area contributed by atoms with Crippen LogP contribution in [0.2, 0.25) is 0 Å². The fraction of sp³-hybridized carbons (Fsp3) is 0.333. The van der Waals surface area contributed by atoms with Crippen LogP contribution in [-0.4, -0.2) is 38.5 Å². The van der Waals surface area contributed by atoms with Gasteiger partial charge in [0.2, 0.25) is 5.78 Å². The number of hydrogen-bond donors (Lipinski definition) is 0. The minimum Gasteiger partial charge on any atom is -0.451 e. The fourth-order valence-corrected chi connectivity index (χ4v) is 4.12. The van der Waals surface area contributed by atoms with Crippen molar-refractivity contribution in [1.29, 1.82) is 0 Å². The van der Waals surface area contributed by atoms with Crippen molar-refractivity contribution < 1.29 is 19.1 Å². The lowest BCUT2D eigenvalue weighted by molar-refractivity contribution is -0.137. The van der Waals surface area contributed by atoms with Crippen molar-refractivity contribution in [1.82, 2.24) is 14.3 Å². The zero-order valence-corrected chi connectivity index (χ0v) is 18.1. The van der Waals surface area contributed by atoms with Gasteiger partial charge in [0.15, 0.2) is 6.61 Å². The van der Waals surface area contributed by atoms with Gasteiger partial charge in [-0.2, -0.15) is 5.10 Å². The molecule has 0 spiro atoms. The molecule has 160 valence electrons. The van der Waals surface area contributed by atoms with E-state index in [4.69, 9.17) is 4.74 Å². The maximum Gasteiger partial charge on any atom is 0.380 e. The zero-order valence-electron chi connectivity index (χ0n) is 18.1. The Hall–Kier alpha value is -3.48. The molecule has 0 atom stereocenters. The molecule has 1 aliphatic carbocycles. The highest BCUT2D eigenvalue weighted by molar-refractivity contribution is 6.41. The molecule has 0 amide bonds. The SMILES string of the molecule is Cc1nn(-c2ccccc2)c(C)c1C(=O)C(=O)OCC(=O)c1cc(C)n(C2CC2)c1C. The summed E-state index contributed by atoms with van der Waals surface area (Å²) in [5.41, 5.74) is 4.40. The third-order valence-electron chi connectivity index (χ3n) is 5.74. The number of ether oxygens (including phenoxy) is 1. The van der Waals surface area contributed by atoms with Crippen molar-refractivity contribution in [3.63, 3.8) is 0 Å². The molecule has 3 aromatic rings. The van der Waals surface area contributed by atoms with Gasteiger partial charge in [-0.3, -0.25) is 9.59 Å². The highest BCUT2D eigenvalue weighted by atomic mass is 16.5. The molecule has 2 heterocycles. The van der Waals surface area contributed by atoms with Crippen LogP contribution in [0, 0.1) is 27.7 Å². The molecule has 0 unspecified atom stereocenters. The normalized spacial score (nSPS) is 13.3. The van der Waals surface area contributed by atoms with Gasteiger partial charge in [-0.15, -0.1) is 0 Å². The van der Waals surface area contributed by atoms with Crippen molar-refractivity contribution in [3.8, 4) is 5.69 Å². The number of carbonyl (C=O) groups excluding carboxylic acids is 3. The summed E-state index contributed by atoms with van der Waals surface area (Å²) in [6, 6.07) is 11.6. The first-order valence-electron chi connectivity index (χ1n) is 10.3. The third-order valence-corrected chi connectivity index (χ3v) is 5.74. The number of Topliss-reactive ketones (excluding diaryl/α,β-unsaturated/α-hetero) is 2. The number of hydrogen-bond acceptors (Lipinski definition) is 5.